The molecule has 1 aromatic carbocycles. The monoisotopic (exact) mass is 347 g/mol. The molecule has 4 N–H and O–H groups in total. The Bertz CT molecular complexity index is 634. The first-order valence-electron chi connectivity index (χ1n) is 9.06. The highest BCUT2D eigenvalue weighted by atomic mass is 16.3. The first-order chi connectivity index (χ1) is 11.9. The first-order valence-corrected chi connectivity index (χ1v) is 9.06. The molecule has 2 aliphatic heterocycles. The van der Waals surface area contributed by atoms with Gasteiger partial charge in [0.05, 0.1) is 23.8 Å². The van der Waals surface area contributed by atoms with E-state index in [0.29, 0.717) is 12.0 Å². The molecule has 0 spiro atoms. The van der Waals surface area contributed by atoms with Crippen molar-refractivity contribution in [3.63, 3.8) is 0 Å². The van der Waals surface area contributed by atoms with Crippen molar-refractivity contribution < 1.29 is 15.0 Å². The molecule has 2 heterocycles. The molecule has 0 radical (unpaired) electrons. The first kappa shape index (κ1) is 18.2. The minimum Gasteiger partial charge on any atom is -0.391 e. The fraction of sp³-hybridized carbons (Fsp3) is 0.632. The van der Waals surface area contributed by atoms with Gasteiger partial charge < -0.3 is 20.8 Å². The van der Waals surface area contributed by atoms with Crippen LogP contribution in [0.3, 0.4) is 0 Å². The topological polar surface area (TPSA) is 84.8 Å². The van der Waals surface area contributed by atoms with E-state index < -0.39 is 23.8 Å². The van der Waals surface area contributed by atoms with E-state index in [2.05, 4.69) is 15.5 Å². The average molecular weight is 347 g/mol. The number of hydrogen-bond acceptors (Lipinski definition) is 5. The molecule has 138 valence electrons. The Labute approximate surface area is 149 Å². The average Bonchev–Trinajstić information content (AvgIpc) is 2.59. The summed E-state index contributed by atoms with van der Waals surface area (Å²) in [7, 11) is 1.78. The summed E-state index contributed by atoms with van der Waals surface area (Å²) in [5, 5.41) is 27.1. The Balaban J connectivity index is 1.83. The number of carbonyl (C=O) groups is 1. The number of amides is 1. The standard InChI is InChI=1S/C19H29N3O3/c1-19(2)17(16(24)11-14-15(23)9-6-10-22(14)19)21-18(25)12-7-4-5-8-13(12)20-3/h4-5,7-8,14-17,20,23-24H,6,9-11H2,1-3H3,(H,21,25)/t14-,15+,16+,17?/m1/s1. The molecule has 0 aliphatic carbocycles. The van der Waals surface area contributed by atoms with Crippen LogP contribution >= 0.6 is 0 Å². The Morgan fingerprint density at radius 2 is 1.96 bits per heavy atom. The number of rotatable bonds is 3. The van der Waals surface area contributed by atoms with Crippen molar-refractivity contribution in [3.05, 3.63) is 29.8 Å². The maximum Gasteiger partial charge on any atom is 0.253 e. The molecule has 6 heteroatoms. The summed E-state index contributed by atoms with van der Waals surface area (Å²) in [6.45, 7) is 4.95. The molecule has 25 heavy (non-hydrogen) atoms. The van der Waals surface area contributed by atoms with Crippen molar-refractivity contribution >= 4 is 11.6 Å². The van der Waals surface area contributed by atoms with E-state index in [1.807, 2.05) is 32.0 Å². The van der Waals surface area contributed by atoms with Gasteiger partial charge in [-0.1, -0.05) is 12.1 Å². The van der Waals surface area contributed by atoms with Gasteiger partial charge in [0.25, 0.3) is 5.91 Å². The second-order valence-electron chi connectivity index (χ2n) is 7.67. The normalized spacial score (nSPS) is 31.9. The molecule has 1 aromatic rings. The van der Waals surface area contributed by atoms with Crippen molar-refractivity contribution in [2.24, 2.45) is 0 Å². The summed E-state index contributed by atoms with van der Waals surface area (Å²) < 4.78 is 0. The molecule has 0 saturated carbocycles. The van der Waals surface area contributed by atoms with Crippen LogP contribution in [0.5, 0.6) is 0 Å². The van der Waals surface area contributed by atoms with E-state index in [4.69, 9.17) is 0 Å². The Hall–Kier alpha value is -1.63. The van der Waals surface area contributed by atoms with Crippen LogP contribution in [0, 0.1) is 0 Å². The molecular formula is C19H29N3O3. The second-order valence-corrected chi connectivity index (χ2v) is 7.67. The van der Waals surface area contributed by atoms with Gasteiger partial charge in [0.15, 0.2) is 0 Å². The van der Waals surface area contributed by atoms with Crippen molar-refractivity contribution in [2.45, 2.75) is 62.9 Å². The van der Waals surface area contributed by atoms with Gasteiger partial charge in [-0.05, 0) is 51.8 Å². The van der Waals surface area contributed by atoms with Gasteiger partial charge in [-0.15, -0.1) is 0 Å². The Morgan fingerprint density at radius 3 is 2.68 bits per heavy atom. The quantitative estimate of drug-likeness (QED) is 0.660. The number of hydrogen-bond donors (Lipinski definition) is 4. The third kappa shape index (κ3) is 3.26. The van der Waals surface area contributed by atoms with Gasteiger partial charge in [-0.2, -0.15) is 0 Å². The fourth-order valence-electron chi connectivity index (χ4n) is 4.46. The number of aliphatic hydroxyl groups is 2. The maximum atomic E-state index is 12.8. The number of para-hydroxylation sites is 1. The van der Waals surface area contributed by atoms with E-state index in [1.54, 1.807) is 13.1 Å². The number of nitrogens with one attached hydrogen (secondary N) is 2. The summed E-state index contributed by atoms with van der Waals surface area (Å²) in [6, 6.07) is 6.89. The summed E-state index contributed by atoms with van der Waals surface area (Å²) in [5.74, 6) is -0.196. The molecule has 2 aliphatic rings. The molecule has 2 fully saturated rings. The van der Waals surface area contributed by atoms with Crippen LogP contribution in [-0.4, -0.2) is 64.4 Å². The van der Waals surface area contributed by atoms with Crippen LogP contribution < -0.4 is 10.6 Å². The predicted octanol–water partition coefficient (Wildman–Crippen LogP) is 1.20. The van der Waals surface area contributed by atoms with Gasteiger partial charge in [0, 0.05) is 24.3 Å². The zero-order valence-corrected chi connectivity index (χ0v) is 15.2. The lowest BCUT2D eigenvalue weighted by atomic mass is 9.75. The predicted molar refractivity (Wildman–Crippen MR) is 97.7 cm³/mol. The third-order valence-corrected chi connectivity index (χ3v) is 5.84. The summed E-state index contributed by atoms with van der Waals surface area (Å²) >= 11 is 0. The van der Waals surface area contributed by atoms with E-state index in [1.165, 1.54) is 0 Å². The maximum absolute atomic E-state index is 12.8. The molecule has 2 saturated heterocycles. The minimum atomic E-state index is -0.685. The third-order valence-electron chi connectivity index (χ3n) is 5.84. The van der Waals surface area contributed by atoms with Crippen molar-refractivity contribution in [3.8, 4) is 0 Å². The minimum absolute atomic E-state index is 0.0449. The van der Waals surface area contributed by atoms with E-state index in [-0.39, 0.29) is 11.9 Å². The lowest BCUT2D eigenvalue weighted by molar-refractivity contribution is -0.120. The highest BCUT2D eigenvalue weighted by molar-refractivity contribution is 5.99. The number of anilines is 1. The van der Waals surface area contributed by atoms with Gasteiger partial charge in [-0.25, -0.2) is 0 Å². The van der Waals surface area contributed by atoms with Crippen LogP contribution in [-0.2, 0) is 0 Å². The van der Waals surface area contributed by atoms with Crippen molar-refractivity contribution in [1.29, 1.82) is 0 Å². The molecule has 6 nitrogen and oxygen atoms in total. The Morgan fingerprint density at radius 1 is 1.24 bits per heavy atom. The fourth-order valence-corrected chi connectivity index (χ4v) is 4.46. The smallest absolute Gasteiger partial charge is 0.253 e. The SMILES string of the molecule is CNc1ccccc1C(=O)NC1[C@@H](O)C[C@@H]2[C@@H](O)CCCN2C1(C)C. The number of carbonyl (C=O) groups excluding carboxylic acids is 1. The van der Waals surface area contributed by atoms with E-state index in [0.717, 1.165) is 25.1 Å². The van der Waals surface area contributed by atoms with Crippen molar-refractivity contribution in [2.75, 3.05) is 18.9 Å². The van der Waals surface area contributed by atoms with Crippen LogP contribution in [0.4, 0.5) is 5.69 Å². The van der Waals surface area contributed by atoms with Crippen LogP contribution in [0.1, 0.15) is 43.5 Å². The van der Waals surface area contributed by atoms with Crippen molar-refractivity contribution in [1.82, 2.24) is 10.2 Å². The molecule has 1 amide bonds. The number of piperidine rings is 2. The molecule has 0 aromatic heterocycles. The van der Waals surface area contributed by atoms with Gasteiger partial charge >= 0.3 is 0 Å². The zero-order valence-electron chi connectivity index (χ0n) is 15.2. The summed E-state index contributed by atoms with van der Waals surface area (Å²) in [6.07, 6.45) is 1.08. The molecular weight excluding hydrogens is 318 g/mol. The largest absolute Gasteiger partial charge is 0.391 e. The van der Waals surface area contributed by atoms with Gasteiger partial charge in [0.2, 0.25) is 0 Å². The molecule has 1 unspecified atom stereocenters. The van der Waals surface area contributed by atoms with E-state index in [9.17, 15) is 15.0 Å². The van der Waals surface area contributed by atoms with Gasteiger partial charge in [-0.3, -0.25) is 9.69 Å². The van der Waals surface area contributed by atoms with E-state index >= 15 is 0 Å². The van der Waals surface area contributed by atoms with Crippen LogP contribution in [0.2, 0.25) is 0 Å². The lowest BCUT2D eigenvalue weighted by Gasteiger charge is -2.57. The summed E-state index contributed by atoms with van der Waals surface area (Å²) in [4.78, 5) is 15.1. The number of aliphatic hydroxyl groups excluding tert-OH is 2. The van der Waals surface area contributed by atoms with Crippen LogP contribution in [0.25, 0.3) is 0 Å². The second kappa shape index (κ2) is 6.94. The van der Waals surface area contributed by atoms with Crippen LogP contribution in [0.15, 0.2) is 24.3 Å². The summed E-state index contributed by atoms with van der Waals surface area (Å²) in [5.41, 5.74) is 0.886. The molecule has 3 rings (SSSR count). The highest BCUT2D eigenvalue weighted by Gasteiger charge is 2.51. The zero-order chi connectivity index (χ0) is 18.2. The number of nitrogens with zero attached hydrogens (tertiary/aromatic N) is 1. The molecule has 0 bridgehead atoms. The number of fused-ring (bicyclic) bond motifs is 1. The molecule has 4 atom stereocenters. The number of benzene rings is 1. The highest BCUT2D eigenvalue weighted by Crippen LogP contribution is 2.37. The lowest BCUT2D eigenvalue weighted by Crippen LogP contribution is -2.72. The van der Waals surface area contributed by atoms with Gasteiger partial charge in [0.1, 0.15) is 0 Å². The Kier molecular flexibility index (Phi) is 5.04.